The van der Waals surface area contributed by atoms with Crippen molar-refractivity contribution >= 4 is 17.4 Å². The summed E-state index contributed by atoms with van der Waals surface area (Å²) in [4.78, 5) is 30.3. The maximum atomic E-state index is 13.5. The quantitative estimate of drug-likeness (QED) is 0.673. The van der Waals surface area contributed by atoms with E-state index in [-0.39, 0.29) is 11.8 Å². The van der Waals surface area contributed by atoms with Crippen molar-refractivity contribution in [3.05, 3.63) is 70.4 Å². The minimum atomic E-state index is -0.216. The van der Waals surface area contributed by atoms with E-state index in [0.29, 0.717) is 50.5 Å². The van der Waals surface area contributed by atoms with Gasteiger partial charge in [-0.25, -0.2) is 0 Å². The molecule has 31 heavy (non-hydrogen) atoms. The molecule has 0 bridgehead atoms. The van der Waals surface area contributed by atoms with Gasteiger partial charge in [0.05, 0.1) is 25.9 Å². The highest BCUT2D eigenvalue weighted by Crippen LogP contribution is 2.34. The van der Waals surface area contributed by atoms with Gasteiger partial charge in [-0.05, 0) is 49.1 Å². The Balaban J connectivity index is 1.64. The molecule has 1 fully saturated rings. The molecule has 0 aliphatic carbocycles. The van der Waals surface area contributed by atoms with Crippen molar-refractivity contribution in [1.29, 1.82) is 0 Å². The summed E-state index contributed by atoms with van der Waals surface area (Å²) in [7, 11) is 1.63. The van der Waals surface area contributed by atoms with Crippen molar-refractivity contribution in [2.75, 3.05) is 40.0 Å². The first-order valence-corrected chi connectivity index (χ1v) is 10.6. The number of ether oxygens (including phenoxy) is 2. The number of amides is 2. The van der Waals surface area contributed by atoms with Crippen molar-refractivity contribution in [2.24, 2.45) is 0 Å². The van der Waals surface area contributed by atoms with Gasteiger partial charge in [0.2, 0.25) is 0 Å². The molecule has 0 aromatic heterocycles. The second kappa shape index (κ2) is 8.94. The van der Waals surface area contributed by atoms with Crippen LogP contribution in [0.3, 0.4) is 0 Å². The fourth-order valence-electron chi connectivity index (χ4n) is 4.22. The number of nitrogens with zero attached hydrogens (tertiary/aromatic N) is 2. The highest BCUT2D eigenvalue weighted by Gasteiger charge is 2.42. The summed E-state index contributed by atoms with van der Waals surface area (Å²) in [5.41, 5.74) is 5.03. The molecule has 0 radical (unpaired) electrons. The summed E-state index contributed by atoms with van der Waals surface area (Å²) in [5, 5.41) is 0. The van der Waals surface area contributed by atoms with Crippen LogP contribution in [-0.4, -0.2) is 61.6 Å². The number of hydrogen-bond donors (Lipinski definition) is 0. The summed E-state index contributed by atoms with van der Waals surface area (Å²) < 4.78 is 10.7. The van der Waals surface area contributed by atoms with E-state index < -0.39 is 0 Å². The number of morpholine rings is 1. The second-order valence-corrected chi connectivity index (χ2v) is 8.00. The maximum absolute atomic E-state index is 13.5. The Morgan fingerprint density at radius 3 is 2.32 bits per heavy atom. The van der Waals surface area contributed by atoms with Gasteiger partial charge in [-0.2, -0.15) is 0 Å². The van der Waals surface area contributed by atoms with Gasteiger partial charge in [0.1, 0.15) is 11.4 Å². The van der Waals surface area contributed by atoms with Crippen LogP contribution in [0, 0.1) is 13.8 Å². The van der Waals surface area contributed by atoms with Crippen molar-refractivity contribution in [2.45, 2.75) is 20.3 Å². The van der Waals surface area contributed by atoms with E-state index in [0.717, 1.165) is 28.0 Å². The predicted molar refractivity (Wildman–Crippen MR) is 119 cm³/mol. The Hall–Kier alpha value is -3.12. The van der Waals surface area contributed by atoms with Gasteiger partial charge in [-0.1, -0.05) is 35.9 Å². The molecule has 2 aliphatic heterocycles. The fraction of sp³-hybridized carbons (Fsp3) is 0.360. The third-order valence-electron chi connectivity index (χ3n) is 5.91. The smallest absolute Gasteiger partial charge is 0.277 e. The molecule has 0 spiro atoms. The van der Waals surface area contributed by atoms with Crippen molar-refractivity contribution in [3.63, 3.8) is 0 Å². The SMILES string of the molecule is COc1ccc(CCN2C(=O)C(c3ccc(C)cc3C)=C(N3CCOCC3)C2=O)cc1. The van der Waals surface area contributed by atoms with Crippen LogP contribution in [0.25, 0.3) is 5.57 Å². The molecule has 2 amide bonds. The average Bonchev–Trinajstić information content (AvgIpc) is 3.03. The fourth-order valence-corrected chi connectivity index (χ4v) is 4.22. The lowest BCUT2D eigenvalue weighted by Crippen LogP contribution is -2.40. The first-order chi connectivity index (χ1) is 15.0. The van der Waals surface area contributed by atoms with Gasteiger partial charge >= 0.3 is 0 Å². The van der Waals surface area contributed by atoms with E-state index >= 15 is 0 Å². The van der Waals surface area contributed by atoms with E-state index in [1.54, 1.807) is 7.11 Å². The monoisotopic (exact) mass is 420 g/mol. The van der Waals surface area contributed by atoms with Crippen LogP contribution in [0.4, 0.5) is 0 Å². The Bertz CT molecular complexity index is 1020. The number of methoxy groups -OCH3 is 1. The van der Waals surface area contributed by atoms with Gasteiger partial charge in [-0.15, -0.1) is 0 Å². The molecule has 162 valence electrons. The van der Waals surface area contributed by atoms with Crippen molar-refractivity contribution < 1.29 is 19.1 Å². The maximum Gasteiger partial charge on any atom is 0.277 e. The number of imide groups is 1. The molecule has 0 unspecified atom stereocenters. The summed E-state index contributed by atoms with van der Waals surface area (Å²) in [6.45, 7) is 6.67. The number of carbonyl (C=O) groups is 2. The Morgan fingerprint density at radius 1 is 0.968 bits per heavy atom. The Kier molecular flexibility index (Phi) is 6.09. The predicted octanol–water partition coefficient (Wildman–Crippen LogP) is 2.97. The molecule has 6 nitrogen and oxygen atoms in total. The third-order valence-corrected chi connectivity index (χ3v) is 5.91. The molecule has 0 atom stereocenters. The second-order valence-electron chi connectivity index (χ2n) is 8.00. The zero-order valence-corrected chi connectivity index (χ0v) is 18.3. The summed E-state index contributed by atoms with van der Waals surface area (Å²) in [5.74, 6) is 0.354. The van der Waals surface area contributed by atoms with Gasteiger partial charge in [0.25, 0.3) is 11.8 Å². The average molecular weight is 421 g/mol. The van der Waals surface area contributed by atoms with E-state index in [1.807, 2.05) is 55.1 Å². The van der Waals surface area contributed by atoms with E-state index in [1.165, 1.54) is 4.90 Å². The first-order valence-electron chi connectivity index (χ1n) is 10.6. The molecule has 2 heterocycles. The molecule has 2 aromatic rings. The van der Waals surface area contributed by atoms with Gasteiger partial charge in [-0.3, -0.25) is 14.5 Å². The van der Waals surface area contributed by atoms with Crippen molar-refractivity contribution in [1.82, 2.24) is 9.80 Å². The number of carbonyl (C=O) groups excluding carboxylic acids is 2. The molecule has 0 N–H and O–H groups in total. The van der Waals surface area contributed by atoms with Crippen LogP contribution in [0.2, 0.25) is 0 Å². The molecule has 6 heteroatoms. The molecule has 4 rings (SSSR count). The first kappa shape index (κ1) is 21.1. The van der Waals surface area contributed by atoms with Crippen LogP contribution in [-0.2, 0) is 20.7 Å². The van der Waals surface area contributed by atoms with E-state index in [4.69, 9.17) is 9.47 Å². The third kappa shape index (κ3) is 4.21. The summed E-state index contributed by atoms with van der Waals surface area (Å²) >= 11 is 0. The van der Waals surface area contributed by atoms with Gasteiger partial charge in [0, 0.05) is 19.6 Å². The minimum absolute atomic E-state index is 0.213. The Labute approximate surface area is 183 Å². The molecule has 2 aliphatic rings. The van der Waals surface area contributed by atoms with Gasteiger partial charge in [0.15, 0.2) is 0 Å². The molecule has 2 aromatic carbocycles. The number of aryl methyl sites for hydroxylation is 2. The Morgan fingerprint density at radius 2 is 1.68 bits per heavy atom. The number of rotatable bonds is 6. The molecule has 0 saturated carbocycles. The molecular formula is C25H28N2O4. The standard InChI is InChI=1S/C25H28N2O4/c1-17-4-9-21(18(2)16-17)22-23(26-12-14-31-15-13-26)25(29)27(24(22)28)11-10-19-5-7-20(30-3)8-6-19/h4-9,16H,10-15H2,1-3H3. The molecular weight excluding hydrogens is 392 g/mol. The molecule has 1 saturated heterocycles. The van der Waals surface area contributed by atoms with Crippen molar-refractivity contribution in [3.8, 4) is 5.75 Å². The lowest BCUT2D eigenvalue weighted by Gasteiger charge is -2.29. The van der Waals surface area contributed by atoms with Crippen LogP contribution in [0.1, 0.15) is 22.3 Å². The van der Waals surface area contributed by atoms with Crippen LogP contribution < -0.4 is 4.74 Å². The largest absolute Gasteiger partial charge is 0.497 e. The van der Waals surface area contributed by atoms with Crippen LogP contribution in [0.15, 0.2) is 48.2 Å². The number of benzene rings is 2. The summed E-state index contributed by atoms with van der Waals surface area (Å²) in [6.07, 6.45) is 0.595. The lowest BCUT2D eigenvalue weighted by molar-refractivity contribution is -0.137. The number of hydrogen-bond acceptors (Lipinski definition) is 5. The summed E-state index contributed by atoms with van der Waals surface area (Å²) in [6, 6.07) is 13.7. The lowest BCUT2D eigenvalue weighted by atomic mass is 9.97. The zero-order chi connectivity index (χ0) is 22.0. The zero-order valence-electron chi connectivity index (χ0n) is 18.3. The topological polar surface area (TPSA) is 59.1 Å². The van der Waals surface area contributed by atoms with Crippen LogP contribution in [0.5, 0.6) is 5.75 Å². The normalized spacial score (nSPS) is 17.0. The highest BCUT2D eigenvalue weighted by atomic mass is 16.5. The minimum Gasteiger partial charge on any atom is -0.497 e. The van der Waals surface area contributed by atoms with Gasteiger partial charge < -0.3 is 14.4 Å². The van der Waals surface area contributed by atoms with Crippen LogP contribution >= 0.6 is 0 Å². The highest BCUT2D eigenvalue weighted by molar-refractivity contribution is 6.35. The van der Waals surface area contributed by atoms with E-state index in [2.05, 4.69) is 6.07 Å². The van der Waals surface area contributed by atoms with E-state index in [9.17, 15) is 9.59 Å².